The molecule has 1 saturated carbocycles. The van der Waals surface area contributed by atoms with Crippen molar-refractivity contribution in [3.05, 3.63) is 53.3 Å². The fraction of sp³-hybridized carbons (Fsp3) is 0.515. The smallest absolute Gasteiger partial charge is 0.411 e. The van der Waals surface area contributed by atoms with Crippen molar-refractivity contribution < 1.29 is 23.5 Å². The Morgan fingerprint density at radius 1 is 1.16 bits per heavy atom. The molecule has 2 heterocycles. The summed E-state index contributed by atoms with van der Waals surface area (Å²) in [4.78, 5) is 44.3. The first-order valence-electron chi connectivity index (χ1n) is 14.9. The van der Waals surface area contributed by atoms with Crippen molar-refractivity contribution in [2.75, 3.05) is 32.1 Å². The molecule has 3 amide bonds. The van der Waals surface area contributed by atoms with Crippen molar-refractivity contribution in [1.82, 2.24) is 15.1 Å². The summed E-state index contributed by atoms with van der Waals surface area (Å²) in [6, 6.07) is 10.9. The number of carbonyl (C=O) groups excluding carboxylic acids is 3. The summed E-state index contributed by atoms with van der Waals surface area (Å²) in [5.41, 5.74) is 2.88. The number of rotatable bonds is 8. The largest absolute Gasteiger partial charge is 0.444 e. The number of nitrogens with one attached hydrogen (secondary N) is 1. The summed E-state index contributed by atoms with van der Waals surface area (Å²) in [7, 11) is 3.93. The predicted molar refractivity (Wildman–Crippen MR) is 161 cm³/mol. The molecule has 4 atom stereocenters. The molecule has 2 bridgehead atoms. The first kappa shape index (κ1) is 30.5. The van der Waals surface area contributed by atoms with Gasteiger partial charge in [-0.3, -0.25) is 14.5 Å². The highest BCUT2D eigenvalue weighted by molar-refractivity contribution is 6.02. The van der Waals surface area contributed by atoms with E-state index in [-0.39, 0.29) is 24.3 Å². The maximum Gasteiger partial charge on any atom is 0.411 e. The molecule has 2 aromatic rings. The van der Waals surface area contributed by atoms with Gasteiger partial charge in [-0.1, -0.05) is 18.2 Å². The monoisotopic (exact) mass is 589 g/mol. The van der Waals surface area contributed by atoms with E-state index in [0.717, 1.165) is 42.6 Å². The lowest BCUT2D eigenvalue weighted by molar-refractivity contribution is -0.128. The molecule has 0 radical (unpaired) electrons. The summed E-state index contributed by atoms with van der Waals surface area (Å²) in [6.07, 6.45) is 2.17. The van der Waals surface area contributed by atoms with Crippen molar-refractivity contribution in [3.8, 4) is 17.2 Å². The SMILES string of the molecule is CN(C)CCN1C(=O)Cc2cc(-c3ccc(C[C@@H](C#N)NC(=O)[C@@H]4[C@H]5CC[C@H](C5)N4C(=O)OC(C)(C)C)c(F)c3)ccc21. The van der Waals surface area contributed by atoms with Crippen LogP contribution in [-0.4, -0.2) is 78.6 Å². The molecule has 228 valence electrons. The fourth-order valence-corrected chi connectivity index (χ4v) is 6.51. The molecule has 5 rings (SSSR count). The lowest BCUT2D eigenvalue weighted by Gasteiger charge is -2.35. The normalized spacial score (nSPS) is 21.6. The molecule has 2 fully saturated rings. The Morgan fingerprint density at radius 3 is 2.56 bits per heavy atom. The van der Waals surface area contributed by atoms with E-state index in [1.807, 2.05) is 37.2 Å². The summed E-state index contributed by atoms with van der Waals surface area (Å²) in [6.45, 7) is 6.72. The number of hydrogen-bond acceptors (Lipinski definition) is 6. The van der Waals surface area contributed by atoms with Gasteiger partial charge in [0.1, 0.15) is 23.5 Å². The molecule has 2 aliphatic heterocycles. The Hall–Kier alpha value is -3.97. The Balaban J connectivity index is 1.26. The third-order valence-corrected chi connectivity index (χ3v) is 8.52. The number of amides is 3. The minimum absolute atomic E-state index is 0.00978. The molecule has 1 aliphatic carbocycles. The number of piperidine rings is 1. The van der Waals surface area contributed by atoms with Crippen molar-refractivity contribution in [3.63, 3.8) is 0 Å². The molecule has 10 heteroatoms. The molecule has 2 aromatic carbocycles. The summed E-state index contributed by atoms with van der Waals surface area (Å²) < 4.78 is 20.9. The predicted octanol–water partition coefficient (Wildman–Crippen LogP) is 4.28. The second kappa shape index (κ2) is 12.0. The Kier molecular flexibility index (Phi) is 8.48. The minimum atomic E-state index is -0.966. The van der Waals surface area contributed by atoms with E-state index in [2.05, 4.69) is 11.4 Å². The van der Waals surface area contributed by atoms with Crippen LogP contribution < -0.4 is 10.2 Å². The molecule has 9 nitrogen and oxygen atoms in total. The standard InChI is InChI=1S/C33H40FN5O4/c1-33(2,3)43-32(42)39-26-10-8-23(16-26)30(39)31(41)36-25(19-35)15-22-7-6-21(17-27(22)34)20-9-11-28-24(14-20)18-29(40)38(28)13-12-37(4)5/h6-7,9,11,14,17,23,25-26,30H,8,10,12-13,15-16,18H2,1-5H3,(H,36,41)/t23-,25-,26+,30-/m0/s1. The first-order valence-corrected chi connectivity index (χ1v) is 14.9. The minimum Gasteiger partial charge on any atom is -0.444 e. The lowest BCUT2D eigenvalue weighted by Crippen LogP contribution is -2.55. The van der Waals surface area contributed by atoms with Gasteiger partial charge in [-0.25, -0.2) is 9.18 Å². The van der Waals surface area contributed by atoms with Crippen LogP contribution in [0.15, 0.2) is 36.4 Å². The highest BCUT2D eigenvalue weighted by Crippen LogP contribution is 2.43. The number of carbonyl (C=O) groups is 3. The third kappa shape index (κ3) is 6.52. The highest BCUT2D eigenvalue weighted by atomic mass is 19.1. The van der Waals surface area contributed by atoms with Gasteiger partial charge in [0.05, 0.1) is 12.5 Å². The van der Waals surface area contributed by atoms with Gasteiger partial charge < -0.3 is 19.9 Å². The summed E-state index contributed by atoms with van der Waals surface area (Å²) in [5.74, 6) is -0.823. The molecule has 1 saturated heterocycles. The quantitative estimate of drug-likeness (QED) is 0.493. The van der Waals surface area contributed by atoms with E-state index in [1.165, 1.54) is 11.0 Å². The van der Waals surface area contributed by atoms with Crippen LogP contribution in [0.2, 0.25) is 0 Å². The van der Waals surface area contributed by atoms with Crippen LogP contribution in [0.4, 0.5) is 14.9 Å². The Morgan fingerprint density at radius 2 is 1.88 bits per heavy atom. The molecular formula is C33H40FN5O4. The number of likely N-dealkylation sites (tertiary alicyclic amines) is 1. The average Bonchev–Trinajstić information content (AvgIpc) is 3.63. The van der Waals surface area contributed by atoms with Gasteiger partial charge in [-0.15, -0.1) is 0 Å². The second-order valence-corrected chi connectivity index (χ2v) is 13.1. The lowest BCUT2D eigenvalue weighted by atomic mass is 9.96. The molecule has 0 aromatic heterocycles. The average molecular weight is 590 g/mol. The molecule has 1 N–H and O–H groups in total. The number of nitrogens with zero attached hydrogens (tertiary/aromatic N) is 4. The van der Waals surface area contributed by atoms with Crippen LogP contribution in [0.5, 0.6) is 0 Å². The van der Waals surface area contributed by atoms with Crippen LogP contribution in [0.1, 0.15) is 51.2 Å². The Labute approximate surface area is 252 Å². The topological polar surface area (TPSA) is 106 Å². The number of hydrogen-bond donors (Lipinski definition) is 1. The zero-order valence-corrected chi connectivity index (χ0v) is 25.5. The van der Waals surface area contributed by atoms with Gasteiger partial charge in [0, 0.05) is 31.2 Å². The number of fused-ring (bicyclic) bond motifs is 3. The van der Waals surface area contributed by atoms with Crippen molar-refractivity contribution >= 4 is 23.6 Å². The highest BCUT2D eigenvalue weighted by Gasteiger charge is 2.52. The zero-order chi connectivity index (χ0) is 31.1. The zero-order valence-electron chi connectivity index (χ0n) is 25.5. The van der Waals surface area contributed by atoms with Crippen molar-refractivity contribution in [2.24, 2.45) is 5.92 Å². The molecule has 0 unspecified atom stereocenters. The number of halogens is 1. The van der Waals surface area contributed by atoms with Gasteiger partial charge in [0.2, 0.25) is 11.8 Å². The van der Waals surface area contributed by atoms with Crippen LogP contribution >= 0.6 is 0 Å². The number of benzene rings is 2. The molecule has 43 heavy (non-hydrogen) atoms. The van der Waals surface area contributed by atoms with Gasteiger partial charge in [0.15, 0.2) is 0 Å². The van der Waals surface area contributed by atoms with E-state index >= 15 is 4.39 Å². The number of ether oxygens (including phenoxy) is 1. The van der Waals surface area contributed by atoms with E-state index < -0.39 is 35.5 Å². The molecule has 3 aliphatic rings. The van der Waals surface area contributed by atoms with Gasteiger partial charge in [-0.05, 0) is 100 Å². The van der Waals surface area contributed by atoms with Gasteiger partial charge in [-0.2, -0.15) is 5.26 Å². The van der Waals surface area contributed by atoms with E-state index in [9.17, 15) is 19.6 Å². The van der Waals surface area contributed by atoms with Gasteiger partial charge >= 0.3 is 6.09 Å². The van der Waals surface area contributed by atoms with E-state index in [0.29, 0.717) is 24.1 Å². The third-order valence-electron chi connectivity index (χ3n) is 8.52. The maximum atomic E-state index is 15.3. The number of anilines is 1. The first-order chi connectivity index (χ1) is 20.3. The second-order valence-electron chi connectivity index (χ2n) is 13.1. The van der Waals surface area contributed by atoms with Crippen LogP contribution in [-0.2, 0) is 27.2 Å². The maximum absolute atomic E-state index is 15.3. The van der Waals surface area contributed by atoms with Crippen molar-refractivity contribution in [2.45, 2.75) is 76.6 Å². The van der Waals surface area contributed by atoms with E-state index in [1.54, 1.807) is 37.8 Å². The number of likely N-dealkylation sites (N-methyl/N-ethyl adjacent to an activating group) is 1. The van der Waals surface area contributed by atoms with Crippen molar-refractivity contribution in [1.29, 1.82) is 5.26 Å². The van der Waals surface area contributed by atoms with Crippen LogP contribution in [0.3, 0.4) is 0 Å². The number of nitriles is 1. The summed E-state index contributed by atoms with van der Waals surface area (Å²) in [5, 5.41) is 12.6. The van der Waals surface area contributed by atoms with Crippen LogP contribution in [0, 0.1) is 23.1 Å². The van der Waals surface area contributed by atoms with Crippen LogP contribution in [0.25, 0.3) is 11.1 Å². The molecule has 0 spiro atoms. The fourth-order valence-electron chi connectivity index (χ4n) is 6.51. The van der Waals surface area contributed by atoms with Gasteiger partial charge in [0.25, 0.3) is 0 Å². The van der Waals surface area contributed by atoms with E-state index in [4.69, 9.17) is 4.74 Å². The molecular weight excluding hydrogens is 549 g/mol. The summed E-state index contributed by atoms with van der Waals surface area (Å²) >= 11 is 0. The Bertz CT molecular complexity index is 1460.